The minimum Gasteiger partial charge on any atom is -0.383 e. The van der Waals surface area contributed by atoms with Gasteiger partial charge in [0.05, 0.1) is 12.1 Å². The highest BCUT2D eigenvalue weighted by molar-refractivity contribution is 6.30. The molecular weight excluding hydrogens is 198 g/mol. The van der Waals surface area contributed by atoms with Crippen LogP contribution >= 0.6 is 11.6 Å². The molecule has 4 heteroatoms. The molecule has 0 heterocycles. The van der Waals surface area contributed by atoms with Gasteiger partial charge >= 0.3 is 0 Å². The van der Waals surface area contributed by atoms with Gasteiger partial charge in [0.25, 0.3) is 0 Å². The van der Waals surface area contributed by atoms with E-state index in [1.807, 2.05) is 18.2 Å². The first-order valence-corrected chi connectivity index (χ1v) is 4.42. The van der Waals surface area contributed by atoms with Gasteiger partial charge in [-0.25, -0.2) is 0 Å². The SMILES string of the molecule is N#CC(C#N)CNc1cccc(Cl)c1. The summed E-state index contributed by atoms with van der Waals surface area (Å²) in [5, 5.41) is 20.6. The van der Waals surface area contributed by atoms with Crippen LogP contribution in [-0.2, 0) is 0 Å². The summed E-state index contributed by atoms with van der Waals surface area (Å²) < 4.78 is 0. The van der Waals surface area contributed by atoms with E-state index in [4.69, 9.17) is 22.1 Å². The van der Waals surface area contributed by atoms with E-state index >= 15 is 0 Å². The van der Waals surface area contributed by atoms with Crippen molar-refractivity contribution in [3.8, 4) is 12.1 Å². The van der Waals surface area contributed by atoms with E-state index in [0.29, 0.717) is 11.6 Å². The van der Waals surface area contributed by atoms with Gasteiger partial charge in [-0.15, -0.1) is 0 Å². The van der Waals surface area contributed by atoms with Crippen LogP contribution in [0.15, 0.2) is 24.3 Å². The highest BCUT2D eigenvalue weighted by atomic mass is 35.5. The van der Waals surface area contributed by atoms with Gasteiger partial charge < -0.3 is 5.32 Å². The fraction of sp³-hybridized carbons (Fsp3) is 0.200. The van der Waals surface area contributed by atoms with E-state index in [2.05, 4.69) is 5.32 Å². The van der Waals surface area contributed by atoms with Crippen LogP contribution < -0.4 is 5.32 Å². The monoisotopic (exact) mass is 205 g/mol. The summed E-state index contributed by atoms with van der Waals surface area (Å²) in [5.74, 6) is -0.631. The summed E-state index contributed by atoms with van der Waals surface area (Å²) in [6.07, 6.45) is 0. The molecule has 1 aromatic carbocycles. The second kappa shape index (κ2) is 5.11. The summed E-state index contributed by atoms with van der Waals surface area (Å²) in [6, 6.07) is 10.9. The Morgan fingerprint density at radius 2 is 2.07 bits per heavy atom. The fourth-order valence-electron chi connectivity index (χ4n) is 0.939. The second-order valence-corrected chi connectivity index (χ2v) is 3.14. The quantitative estimate of drug-likeness (QED) is 0.825. The Hall–Kier alpha value is -1.71. The summed E-state index contributed by atoms with van der Waals surface area (Å²) in [4.78, 5) is 0. The summed E-state index contributed by atoms with van der Waals surface area (Å²) >= 11 is 5.76. The third kappa shape index (κ3) is 2.97. The number of halogens is 1. The van der Waals surface area contributed by atoms with E-state index in [1.54, 1.807) is 18.2 Å². The predicted octanol–water partition coefficient (Wildman–Crippen LogP) is 2.42. The zero-order valence-electron chi connectivity index (χ0n) is 7.37. The molecule has 1 aromatic rings. The molecule has 0 aliphatic heterocycles. The largest absolute Gasteiger partial charge is 0.383 e. The van der Waals surface area contributed by atoms with Crippen molar-refractivity contribution < 1.29 is 0 Å². The number of rotatable bonds is 3. The Morgan fingerprint density at radius 3 is 2.64 bits per heavy atom. The van der Waals surface area contributed by atoms with Gasteiger partial charge in [-0.1, -0.05) is 17.7 Å². The normalized spacial score (nSPS) is 9.14. The van der Waals surface area contributed by atoms with Crippen molar-refractivity contribution in [3.05, 3.63) is 29.3 Å². The molecule has 0 aliphatic rings. The maximum Gasteiger partial charge on any atom is 0.150 e. The van der Waals surface area contributed by atoms with Crippen molar-refractivity contribution in [2.75, 3.05) is 11.9 Å². The third-order valence-corrected chi connectivity index (χ3v) is 1.88. The lowest BCUT2D eigenvalue weighted by Crippen LogP contribution is -2.10. The Labute approximate surface area is 87.5 Å². The first-order chi connectivity index (χ1) is 6.76. The van der Waals surface area contributed by atoms with E-state index in [0.717, 1.165) is 5.69 Å². The van der Waals surface area contributed by atoms with Crippen molar-refractivity contribution in [1.29, 1.82) is 10.5 Å². The third-order valence-electron chi connectivity index (χ3n) is 1.65. The first kappa shape index (κ1) is 10.4. The van der Waals surface area contributed by atoms with Gasteiger partial charge in [0.15, 0.2) is 0 Å². The van der Waals surface area contributed by atoms with Crippen LogP contribution in [0.2, 0.25) is 5.02 Å². The molecule has 14 heavy (non-hydrogen) atoms. The maximum absolute atomic E-state index is 8.52. The first-order valence-electron chi connectivity index (χ1n) is 4.05. The Morgan fingerprint density at radius 1 is 1.36 bits per heavy atom. The molecule has 0 aliphatic carbocycles. The summed E-state index contributed by atoms with van der Waals surface area (Å²) in [7, 11) is 0. The highest BCUT2D eigenvalue weighted by Gasteiger charge is 2.03. The van der Waals surface area contributed by atoms with Crippen LogP contribution in [0.5, 0.6) is 0 Å². The number of nitriles is 2. The number of nitrogens with one attached hydrogen (secondary N) is 1. The van der Waals surface area contributed by atoms with Crippen molar-refractivity contribution >= 4 is 17.3 Å². The smallest absolute Gasteiger partial charge is 0.150 e. The van der Waals surface area contributed by atoms with Crippen LogP contribution in [0.25, 0.3) is 0 Å². The molecule has 0 atom stereocenters. The van der Waals surface area contributed by atoms with Gasteiger partial charge in [0.2, 0.25) is 0 Å². The van der Waals surface area contributed by atoms with Crippen LogP contribution in [0.3, 0.4) is 0 Å². The minimum atomic E-state index is -0.631. The zero-order chi connectivity index (χ0) is 10.4. The van der Waals surface area contributed by atoms with Gasteiger partial charge in [-0.3, -0.25) is 0 Å². The van der Waals surface area contributed by atoms with E-state index in [9.17, 15) is 0 Å². The van der Waals surface area contributed by atoms with Gasteiger partial charge in [-0.2, -0.15) is 10.5 Å². The number of nitrogens with zero attached hydrogens (tertiary/aromatic N) is 2. The Bertz CT molecular complexity index is 375. The standard InChI is InChI=1S/C10H8ClN3/c11-9-2-1-3-10(4-9)14-7-8(5-12)6-13/h1-4,8,14H,7H2. The van der Waals surface area contributed by atoms with Crippen LogP contribution in [0, 0.1) is 28.6 Å². The topological polar surface area (TPSA) is 59.6 Å². The van der Waals surface area contributed by atoms with E-state index < -0.39 is 5.92 Å². The molecule has 1 N–H and O–H groups in total. The molecule has 0 radical (unpaired) electrons. The summed E-state index contributed by atoms with van der Waals surface area (Å²) in [5.41, 5.74) is 0.813. The average molecular weight is 206 g/mol. The number of benzene rings is 1. The number of hydrogen-bond donors (Lipinski definition) is 1. The fourth-order valence-corrected chi connectivity index (χ4v) is 1.13. The van der Waals surface area contributed by atoms with Crippen molar-refractivity contribution in [2.45, 2.75) is 0 Å². The van der Waals surface area contributed by atoms with Crippen molar-refractivity contribution in [3.63, 3.8) is 0 Å². The molecule has 0 saturated heterocycles. The molecule has 0 aromatic heterocycles. The van der Waals surface area contributed by atoms with Gasteiger partial charge in [-0.05, 0) is 18.2 Å². The van der Waals surface area contributed by atoms with E-state index in [-0.39, 0.29) is 0 Å². The number of hydrogen-bond acceptors (Lipinski definition) is 3. The molecule has 0 bridgehead atoms. The van der Waals surface area contributed by atoms with Crippen LogP contribution in [0.1, 0.15) is 0 Å². The van der Waals surface area contributed by atoms with Gasteiger partial charge in [0.1, 0.15) is 5.92 Å². The second-order valence-electron chi connectivity index (χ2n) is 2.70. The number of anilines is 1. The molecule has 70 valence electrons. The lowest BCUT2D eigenvalue weighted by molar-refractivity contribution is 0.888. The lowest BCUT2D eigenvalue weighted by Gasteiger charge is -2.05. The molecule has 0 spiro atoms. The van der Waals surface area contributed by atoms with Gasteiger partial charge in [0, 0.05) is 17.3 Å². The lowest BCUT2D eigenvalue weighted by atomic mass is 10.2. The van der Waals surface area contributed by atoms with Crippen molar-refractivity contribution in [1.82, 2.24) is 0 Å². The average Bonchev–Trinajstić information content (AvgIpc) is 2.19. The molecule has 3 nitrogen and oxygen atoms in total. The molecular formula is C10H8ClN3. The molecule has 0 amide bonds. The Balaban J connectivity index is 2.55. The van der Waals surface area contributed by atoms with Crippen LogP contribution in [0.4, 0.5) is 5.69 Å². The molecule has 1 rings (SSSR count). The van der Waals surface area contributed by atoms with Crippen molar-refractivity contribution in [2.24, 2.45) is 5.92 Å². The highest BCUT2D eigenvalue weighted by Crippen LogP contribution is 2.14. The zero-order valence-corrected chi connectivity index (χ0v) is 8.12. The molecule has 0 fully saturated rings. The molecule has 0 unspecified atom stereocenters. The Kier molecular flexibility index (Phi) is 3.79. The minimum absolute atomic E-state index is 0.313. The predicted molar refractivity (Wildman–Crippen MR) is 54.7 cm³/mol. The maximum atomic E-state index is 8.52. The summed E-state index contributed by atoms with van der Waals surface area (Å²) in [6.45, 7) is 0.313. The van der Waals surface area contributed by atoms with Crippen LogP contribution in [-0.4, -0.2) is 6.54 Å². The van der Waals surface area contributed by atoms with E-state index in [1.165, 1.54) is 0 Å². The molecule has 0 saturated carbocycles.